The zero-order valence-electron chi connectivity index (χ0n) is 9.94. The average molecular weight is 211 g/mol. The van der Waals surface area contributed by atoms with E-state index in [1.54, 1.807) is 0 Å². The molecule has 0 amide bonds. The molecule has 2 heterocycles. The Morgan fingerprint density at radius 1 is 1.27 bits per heavy atom. The molecule has 2 aliphatic rings. The van der Waals surface area contributed by atoms with Crippen molar-refractivity contribution in [3.8, 4) is 0 Å². The maximum atomic E-state index is 5.40. The monoisotopic (exact) mass is 211 g/mol. The lowest BCUT2D eigenvalue weighted by molar-refractivity contribution is -0.0600. The maximum absolute atomic E-state index is 5.40. The second-order valence-electron chi connectivity index (χ2n) is 4.76. The molecule has 0 aliphatic carbocycles. The van der Waals surface area contributed by atoms with E-state index >= 15 is 0 Å². The van der Waals surface area contributed by atoms with Crippen molar-refractivity contribution in [2.24, 2.45) is 5.16 Å². The van der Waals surface area contributed by atoms with Crippen LogP contribution >= 0.6 is 0 Å². The summed E-state index contributed by atoms with van der Waals surface area (Å²) in [4.78, 5) is 10.3. The molecule has 1 fully saturated rings. The molecule has 0 spiro atoms. The van der Waals surface area contributed by atoms with E-state index in [0.717, 1.165) is 38.3 Å². The summed E-state index contributed by atoms with van der Waals surface area (Å²) in [6.45, 7) is 11.1. The molecule has 1 atom stereocenters. The van der Waals surface area contributed by atoms with Crippen LogP contribution in [0.15, 0.2) is 5.16 Å². The summed E-state index contributed by atoms with van der Waals surface area (Å²) < 4.78 is 0. The van der Waals surface area contributed by atoms with Crippen molar-refractivity contribution in [2.45, 2.75) is 39.5 Å². The van der Waals surface area contributed by atoms with Gasteiger partial charge in [-0.05, 0) is 20.8 Å². The second kappa shape index (κ2) is 4.49. The van der Waals surface area contributed by atoms with Crippen LogP contribution in [0.2, 0.25) is 0 Å². The number of hydrogen-bond donors (Lipinski definition) is 0. The Morgan fingerprint density at radius 3 is 2.40 bits per heavy atom. The minimum absolute atomic E-state index is 0.208. The second-order valence-corrected chi connectivity index (χ2v) is 4.76. The first kappa shape index (κ1) is 10.9. The van der Waals surface area contributed by atoms with Gasteiger partial charge in [-0.15, -0.1) is 0 Å². The maximum Gasteiger partial charge on any atom is 0.186 e. The van der Waals surface area contributed by atoms with Crippen molar-refractivity contribution in [1.82, 2.24) is 9.80 Å². The molecule has 0 aromatic carbocycles. The Labute approximate surface area is 91.9 Å². The van der Waals surface area contributed by atoms with Crippen LogP contribution in [-0.4, -0.2) is 54.0 Å². The average Bonchev–Trinajstić information content (AvgIpc) is 2.65. The normalized spacial score (nSPS) is 29.3. The highest BCUT2D eigenvalue weighted by molar-refractivity contribution is 5.82. The summed E-state index contributed by atoms with van der Waals surface area (Å²) in [5.41, 5.74) is 1.12. The molecule has 2 rings (SSSR count). The lowest BCUT2D eigenvalue weighted by Crippen LogP contribution is -2.52. The molecule has 0 N–H and O–H groups in total. The van der Waals surface area contributed by atoms with E-state index in [1.807, 2.05) is 6.92 Å². The van der Waals surface area contributed by atoms with Gasteiger partial charge >= 0.3 is 0 Å². The molecule has 0 aromatic rings. The lowest BCUT2D eigenvalue weighted by Gasteiger charge is -2.38. The van der Waals surface area contributed by atoms with Gasteiger partial charge in [0.15, 0.2) is 6.23 Å². The van der Waals surface area contributed by atoms with Crippen molar-refractivity contribution >= 4 is 5.71 Å². The van der Waals surface area contributed by atoms with Crippen molar-refractivity contribution in [3.63, 3.8) is 0 Å². The third-order valence-corrected chi connectivity index (χ3v) is 3.29. The molecule has 15 heavy (non-hydrogen) atoms. The molecular weight excluding hydrogens is 190 g/mol. The molecule has 2 aliphatic heterocycles. The van der Waals surface area contributed by atoms with Crippen LogP contribution in [0.3, 0.4) is 0 Å². The van der Waals surface area contributed by atoms with Gasteiger partial charge in [0.2, 0.25) is 0 Å². The van der Waals surface area contributed by atoms with Crippen LogP contribution in [-0.2, 0) is 4.84 Å². The minimum atomic E-state index is 0.208. The van der Waals surface area contributed by atoms with Crippen LogP contribution < -0.4 is 0 Å². The standard InChI is InChI=1S/C11H21N3O/c1-9(2)13-4-6-14(7-5-13)11-8-10(3)12-15-11/h9,11H,4-8H2,1-3H3. The predicted molar refractivity (Wildman–Crippen MR) is 60.9 cm³/mol. The molecule has 1 saturated heterocycles. The van der Waals surface area contributed by atoms with Crippen molar-refractivity contribution in [1.29, 1.82) is 0 Å². The third-order valence-electron chi connectivity index (χ3n) is 3.29. The van der Waals surface area contributed by atoms with Crippen LogP contribution in [0.5, 0.6) is 0 Å². The Bertz CT molecular complexity index is 244. The fourth-order valence-corrected chi connectivity index (χ4v) is 2.22. The predicted octanol–water partition coefficient (Wildman–Crippen LogP) is 1.13. The van der Waals surface area contributed by atoms with Gasteiger partial charge in [-0.3, -0.25) is 9.80 Å². The van der Waals surface area contributed by atoms with Crippen LogP contribution in [0.1, 0.15) is 27.2 Å². The number of rotatable bonds is 2. The van der Waals surface area contributed by atoms with Crippen LogP contribution in [0, 0.1) is 0 Å². The highest BCUT2D eigenvalue weighted by Gasteiger charge is 2.29. The van der Waals surface area contributed by atoms with Gasteiger partial charge in [0, 0.05) is 38.6 Å². The summed E-state index contributed by atoms with van der Waals surface area (Å²) in [7, 11) is 0. The van der Waals surface area contributed by atoms with Crippen molar-refractivity contribution in [3.05, 3.63) is 0 Å². The lowest BCUT2D eigenvalue weighted by atomic mass is 10.2. The molecule has 1 unspecified atom stereocenters. The summed E-state index contributed by atoms with van der Waals surface area (Å²) in [6, 6.07) is 0.662. The number of hydrogen-bond acceptors (Lipinski definition) is 4. The SMILES string of the molecule is CC1=NOC(N2CCN(C(C)C)CC2)C1. The number of piperazine rings is 1. The minimum Gasteiger partial charge on any atom is -0.376 e. The van der Waals surface area contributed by atoms with Gasteiger partial charge in [-0.1, -0.05) is 5.16 Å². The molecule has 0 aromatic heterocycles. The van der Waals surface area contributed by atoms with Crippen LogP contribution in [0.4, 0.5) is 0 Å². The van der Waals surface area contributed by atoms with Crippen LogP contribution in [0.25, 0.3) is 0 Å². The van der Waals surface area contributed by atoms with Gasteiger partial charge in [-0.25, -0.2) is 0 Å². The fraction of sp³-hybridized carbons (Fsp3) is 0.909. The first-order valence-corrected chi connectivity index (χ1v) is 5.84. The molecule has 4 nitrogen and oxygen atoms in total. The Kier molecular flexibility index (Phi) is 3.26. The van der Waals surface area contributed by atoms with E-state index in [2.05, 4.69) is 28.8 Å². The van der Waals surface area contributed by atoms with E-state index in [0.29, 0.717) is 6.04 Å². The fourth-order valence-electron chi connectivity index (χ4n) is 2.22. The quantitative estimate of drug-likeness (QED) is 0.685. The van der Waals surface area contributed by atoms with E-state index < -0.39 is 0 Å². The smallest absolute Gasteiger partial charge is 0.186 e. The highest BCUT2D eigenvalue weighted by atomic mass is 16.7. The largest absolute Gasteiger partial charge is 0.376 e. The number of nitrogens with zero attached hydrogens (tertiary/aromatic N) is 3. The highest BCUT2D eigenvalue weighted by Crippen LogP contribution is 2.17. The zero-order chi connectivity index (χ0) is 10.8. The molecule has 0 bridgehead atoms. The molecule has 86 valence electrons. The molecule has 4 heteroatoms. The first-order chi connectivity index (χ1) is 7.16. The number of oxime groups is 1. The molecule has 0 radical (unpaired) electrons. The van der Waals surface area contributed by atoms with E-state index in [4.69, 9.17) is 4.84 Å². The Balaban J connectivity index is 1.79. The topological polar surface area (TPSA) is 28.1 Å². The summed E-state index contributed by atoms with van der Waals surface area (Å²) in [5.74, 6) is 0. The third kappa shape index (κ3) is 2.49. The molecule has 0 saturated carbocycles. The summed E-state index contributed by atoms with van der Waals surface area (Å²) in [5, 5.41) is 4.01. The van der Waals surface area contributed by atoms with Crippen molar-refractivity contribution in [2.75, 3.05) is 26.2 Å². The van der Waals surface area contributed by atoms with E-state index in [-0.39, 0.29) is 6.23 Å². The Morgan fingerprint density at radius 2 is 1.93 bits per heavy atom. The summed E-state index contributed by atoms with van der Waals surface area (Å²) >= 11 is 0. The summed E-state index contributed by atoms with van der Waals surface area (Å²) in [6.07, 6.45) is 1.18. The van der Waals surface area contributed by atoms with E-state index in [1.165, 1.54) is 0 Å². The zero-order valence-corrected chi connectivity index (χ0v) is 9.94. The van der Waals surface area contributed by atoms with Gasteiger partial charge in [0.25, 0.3) is 0 Å². The van der Waals surface area contributed by atoms with Gasteiger partial charge in [-0.2, -0.15) is 0 Å². The Hall–Kier alpha value is -0.610. The van der Waals surface area contributed by atoms with Gasteiger partial charge in [0.05, 0.1) is 5.71 Å². The molecular formula is C11H21N3O. The van der Waals surface area contributed by atoms with E-state index in [9.17, 15) is 0 Å². The first-order valence-electron chi connectivity index (χ1n) is 5.84. The van der Waals surface area contributed by atoms with Gasteiger partial charge < -0.3 is 4.84 Å². The van der Waals surface area contributed by atoms with Gasteiger partial charge in [0.1, 0.15) is 0 Å². The van der Waals surface area contributed by atoms with Crippen molar-refractivity contribution < 1.29 is 4.84 Å².